The Morgan fingerprint density at radius 3 is 2.43 bits per heavy atom. The van der Waals surface area contributed by atoms with Gasteiger partial charge < -0.3 is 19.4 Å². The van der Waals surface area contributed by atoms with Gasteiger partial charge in [0.2, 0.25) is 11.8 Å². The Bertz CT molecular complexity index is 955. The van der Waals surface area contributed by atoms with Gasteiger partial charge in [0, 0.05) is 29.5 Å². The number of thioether (sulfide) groups is 1. The summed E-state index contributed by atoms with van der Waals surface area (Å²) in [6.07, 6.45) is 0. The van der Waals surface area contributed by atoms with Gasteiger partial charge >= 0.3 is 0 Å². The molecule has 3 aromatic rings. The van der Waals surface area contributed by atoms with Gasteiger partial charge in [-0.15, -0.1) is 10.2 Å². The summed E-state index contributed by atoms with van der Waals surface area (Å²) in [4.78, 5) is 14.6. The molecule has 2 aromatic carbocycles. The number of methoxy groups -OCH3 is 1. The highest BCUT2D eigenvalue weighted by Gasteiger charge is 2.12. The summed E-state index contributed by atoms with van der Waals surface area (Å²) in [5.74, 6) is 1.21. The number of anilines is 2. The fourth-order valence-corrected chi connectivity index (χ4v) is 3.59. The van der Waals surface area contributed by atoms with E-state index < -0.39 is 0 Å². The Morgan fingerprint density at radius 1 is 1.13 bits per heavy atom. The molecule has 1 aromatic heterocycles. The molecule has 0 saturated carbocycles. The fourth-order valence-electron chi connectivity index (χ4n) is 3.02. The van der Waals surface area contributed by atoms with Crippen LogP contribution >= 0.6 is 11.8 Å². The van der Waals surface area contributed by atoms with Crippen LogP contribution in [0.5, 0.6) is 5.75 Å². The summed E-state index contributed by atoms with van der Waals surface area (Å²) in [6.45, 7) is 7.38. The van der Waals surface area contributed by atoms with Crippen LogP contribution in [0.1, 0.15) is 20.8 Å². The monoisotopic (exact) mass is 426 g/mol. The summed E-state index contributed by atoms with van der Waals surface area (Å²) in [5, 5.41) is 11.3. The maximum absolute atomic E-state index is 12.3. The highest BCUT2D eigenvalue weighted by Crippen LogP contribution is 2.25. The number of carbonyl (C=O) groups excluding carboxylic acids is 1. The SMILES string of the molecule is CCN(c1ccc(NC(=O)CSc2nnc(-c3ccc(OC)cc3)o2)cc1)C(C)C. The molecule has 1 amide bonds. The number of aromatic nitrogens is 2. The molecule has 0 aliphatic rings. The first-order valence-corrected chi connectivity index (χ1v) is 10.8. The highest BCUT2D eigenvalue weighted by atomic mass is 32.2. The summed E-state index contributed by atoms with van der Waals surface area (Å²) in [5.41, 5.74) is 2.69. The van der Waals surface area contributed by atoms with Crippen LogP contribution in [0.4, 0.5) is 11.4 Å². The fraction of sp³-hybridized carbons (Fsp3) is 0.318. The normalized spacial score (nSPS) is 10.8. The molecule has 7 nitrogen and oxygen atoms in total. The first kappa shape index (κ1) is 21.7. The zero-order valence-corrected chi connectivity index (χ0v) is 18.4. The molecule has 1 heterocycles. The minimum atomic E-state index is -0.131. The number of ether oxygens (including phenoxy) is 1. The predicted octanol–water partition coefficient (Wildman–Crippen LogP) is 4.71. The number of carbonyl (C=O) groups is 1. The molecule has 3 rings (SSSR count). The predicted molar refractivity (Wildman–Crippen MR) is 120 cm³/mol. The molecule has 0 radical (unpaired) electrons. The van der Waals surface area contributed by atoms with Crippen LogP contribution in [-0.2, 0) is 4.79 Å². The summed E-state index contributed by atoms with van der Waals surface area (Å²) >= 11 is 1.20. The quantitative estimate of drug-likeness (QED) is 0.496. The van der Waals surface area contributed by atoms with E-state index in [1.807, 2.05) is 48.5 Å². The molecule has 0 atom stereocenters. The van der Waals surface area contributed by atoms with Crippen LogP contribution in [0.25, 0.3) is 11.5 Å². The van der Waals surface area contributed by atoms with Gasteiger partial charge in [-0.3, -0.25) is 4.79 Å². The van der Waals surface area contributed by atoms with Crippen molar-refractivity contribution in [1.29, 1.82) is 0 Å². The molecular weight excluding hydrogens is 400 g/mol. The van der Waals surface area contributed by atoms with Crippen LogP contribution in [0, 0.1) is 0 Å². The number of amides is 1. The van der Waals surface area contributed by atoms with Gasteiger partial charge in [0.25, 0.3) is 5.22 Å². The van der Waals surface area contributed by atoms with E-state index in [2.05, 4.69) is 41.2 Å². The van der Waals surface area contributed by atoms with E-state index in [4.69, 9.17) is 9.15 Å². The number of nitrogens with one attached hydrogen (secondary N) is 1. The second kappa shape index (κ2) is 10.2. The van der Waals surface area contributed by atoms with Crippen molar-refractivity contribution < 1.29 is 13.9 Å². The minimum Gasteiger partial charge on any atom is -0.497 e. The lowest BCUT2D eigenvalue weighted by Gasteiger charge is -2.27. The average molecular weight is 427 g/mol. The lowest BCUT2D eigenvalue weighted by Crippen LogP contribution is -2.30. The summed E-state index contributed by atoms with van der Waals surface area (Å²) in [7, 11) is 1.61. The van der Waals surface area contributed by atoms with Gasteiger partial charge in [0.1, 0.15) is 5.75 Å². The van der Waals surface area contributed by atoms with Gasteiger partial charge in [0.15, 0.2) is 0 Å². The van der Waals surface area contributed by atoms with Gasteiger partial charge in [-0.2, -0.15) is 0 Å². The van der Waals surface area contributed by atoms with Crippen LogP contribution in [0.3, 0.4) is 0 Å². The smallest absolute Gasteiger partial charge is 0.277 e. The van der Waals surface area contributed by atoms with Crippen molar-refractivity contribution >= 4 is 29.0 Å². The van der Waals surface area contributed by atoms with Crippen molar-refractivity contribution in [3.63, 3.8) is 0 Å². The number of nitrogens with zero attached hydrogens (tertiary/aromatic N) is 3. The van der Waals surface area contributed by atoms with Gasteiger partial charge in [-0.25, -0.2) is 0 Å². The van der Waals surface area contributed by atoms with E-state index in [1.54, 1.807) is 7.11 Å². The molecule has 0 aliphatic carbocycles. The van der Waals surface area contributed by atoms with E-state index in [0.29, 0.717) is 17.2 Å². The van der Waals surface area contributed by atoms with E-state index in [0.717, 1.165) is 29.2 Å². The summed E-state index contributed by atoms with van der Waals surface area (Å²) < 4.78 is 10.8. The minimum absolute atomic E-state index is 0.131. The zero-order valence-electron chi connectivity index (χ0n) is 17.6. The maximum Gasteiger partial charge on any atom is 0.277 e. The number of hydrogen-bond acceptors (Lipinski definition) is 7. The Balaban J connectivity index is 1.53. The van der Waals surface area contributed by atoms with Crippen molar-refractivity contribution in [3.8, 4) is 17.2 Å². The van der Waals surface area contributed by atoms with E-state index in [1.165, 1.54) is 11.8 Å². The number of rotatable bonds is 9. The third-order valence-corrected chi connectivity index (χ3v) is 5.34. The maximum atomic E-state index is 12.3. The number of benzene rings is 2. The molecule has 0 aliphatic heterocycles. The lowest BCUT2D eigenvalue weighted by molar-refractivity contribution is -0.113. The Labute approximate surface area is 180 Å². The number of hydrogen-bond donors (Lipinski definition) is 1. The summed E-state index contributed by atoms with van der Waals surface area (Å²) in [6, 6.07) is 15.6. The first-order valence-electron chi connectivity index (χ1n) is 9.77. The zero-order chi connectivity index (χ0) is 21.5. The van der Waals surface area contributed by atoms with Gasteiger partial charge in [-0.05, 0) is 69.3 Å². The molecule has 0 unspecified atom stereocenters. The van der Waals surface area contributed by atoms with Crippen molar-refractivity contribution in [3.05, 3.63) is 48.5 Å². The van der Waals surface area contributed by atoms with E-state index in [9.17, 15) is 4.79 Å². The third-order valence-electron chi connectivity index (χ3n) is 4.52. The van der Waals surface area contributed by atoms with Crippen LogP contribution < -0.4 is 15.0 Å². The lowest BCUT2D eigenvalue weighted by atomic mass is 10.2. The molecule has 0 spiro atoms. The van der Waals surface area contributed by atoms with Crippen LogP contribution in [0.15, 0.2) is 58.2 Å². The molecule has 0 saturated heterocycles. The largest absolute Gasteiger partial charge is 0.497 e. The van der Waals surface area contributed by atoms with Crippen molar-refractivity contribution in [2.75, 3.05) is 29.6 Å². The second-order valence-electron chi connectivity index (χ2n) is 6.87. The van der Waals surface area contributed by atoms with Crippen molar-refractivity contribution in [2.24, 2.45) is 0 Å². The first-order chi connectivity index (χ1) is 14.5. The van der Waals surface area contributed by atoms with Crippen molar-refractivity contribution in [2.45, 2.75) is 32.0 Å². The Hall–Kier alpha value is -3.00. The topological polar surface area (TPSA) is 80.5 Å². The Kier molecular flexibility index (Phi) is 7.35. The van der Waals surface area contributed by atoms with Gasteiger partial charge in [0.05, 0.1) is 12.9 Å². The molecule has 0 fully saturated rings. The van der Waals surface area contributed by atoms with E-state index in [-0.39, 0.29) is 11.7 Å². The molecule has 30 heavy (non-hydrogen) atoms. The van der Waals surface area contributed by atoms with E-state index >= 15 is 0 Å². The molecule has 8 heteroatoms. The highest BCUT2D eigenvalue weighted by molar-refractivity contribution is 7.99. The van der Waals surface area contributed by atoms with Crippen molar-refractivity contribution in [1.82, 2.24) is 10.2 Å². The third kappa shape index (κ3) is 5.54. The van der Waals surface area contributed by atoms with Crippen LogP contribution in [-0.4, -0.2) is 41.6 Å². The van der Waals surface area contributed by atoms with Crippen LogP contribution in [0.2, 0.25) is 0 Å². The average Bonchev–Trinajstić information content (AvgIpc) is 3.23. The Morgan fingerprint density at radius 2 is 1.83 bits per heavy atom. The molecule has 158 valence electrons. The van der Waals surface area contributed by atoms with Gasteiger partial charge in [-0.1, -0.05) is 11.8 Å². The molecular formula is C22H26N4O3S. The second-order valence-corrected chi connectivity index (χ2v) is 7.79. The molecule has 0 bridgehead atoms. The standard InChI is InChI=1S/C22H26N4O3S/c1-5-26(15(2)3)18-10-8-17(9-11-18)23-20(27)14-30-22-25-24-21(29-22)16-6-12-19(28-4)13-7-16/h6-13,15H,5,14H2,1-4H3,(H,23,27). The molecule has 1 N–H and O–H groups in total.